The van der Waals surface area contributed by atoms with Crippen molar-refractivity contribution in [3.8, 4) is 0 Å². The number of nitrogens with two attached hydrogens (primary N) is 2. The van der Waals surface area contributed by atoms with E-state index in [1.807, 2.05) is 37.3 Å². The smallest absolute Gasteiger partial charge is 0.250 e. The van der Waals surface area contributed by atoms with E-state index in [-0.39, 0.29) is 6.04 Å². The SMILES string of the molecule is CC(Nc1ccc(N)c(C(N)=O)c1)c1cccc(Br)c1. The molecule has 1 unspecified atom stereocenters. The Morgan fingerprint density at radius 1 is 1.25 bits per heavy atom. The van der Waals surface area contributed by atoms with Gasteiger partial charge < -0.3 is 16.8 Å². The van der Waals surface area contributed by atoms with Gasteiger partial charge in [-0.2, -0.15) is 0 Å². The lowest BCUT2D eigenvalue weighted by atomic mass is 10.1. The monoisotopic (exact) mass is 333 g/mol. The van der Waals surface area contributed by atoms with Crippen molar-refractivity contribution in [1.29, 1.82) is 0 Å². The highest BCUT2D eigenvalue weighted by Gasteiger charge is 2.09. The molecule has 1 amide bonds. The number of anilines is 2. The lowest BCUT2D eigenvalue weighted by Gasteiger charge is -2.17. The van der Waals surface area contributed by atoms with Crippen LogP contribution in [0.25, 0.3) is 0 Å². The Balaban J connectivity index is 2.22. The van der Waals surface area contributed by atoms with Gasteiger partial charge in [0.2, 0.25) is 0 Å². The summed E-state index contributed by atoms with van der Waals surface area (Å²) in [7, 11) is 0. The Morgan fingerprint density at radius 2 is 2.00 bits per heavy atom. The van der Waals surface area contributed by atoms with E-state index in [2.05, 4.69) is 21.2 Å². The molecule has 0 radical (unpaired) electrons. The fraction of sp³-hybridized carbons (Fsp3) is 0.133. The molecule has 4 nitrogen and oxygen atoms in total. The number of nitrogen functional groups attached to an aromatic ring is 1. The van der Waals surface area contributed by atoms with Gasteiger partial charge in [-0.05, 0) is 42.8 Å². The second kappa shape index (κ2) is 5.96. The Bertz CT molecular complexity index is 643. The Hall–Kier alpha value is -2.01. The van der Waals surface area contributed by atoms with Crippen LogP contribution >= 0.6 is 15.9 Å². The van der Waals surface area contributed by atoms with Gasteiger partial charge in [0.25, 0.3) is 5.91 Å². The van der Waals surface area contributed by atoms with Crippen LogP contribution in [0, 0.1) is 0 Å². The molecule has 0 fully saturated rings. The highest BCUT2D eigenvalue weighted by atomic mass is 79.9. The van der Waals surface area contributed by atoms with Crippen molar-refractivity contribution in [3.63, 3.8) is 0 Å². The zero-order valence-electron chi connectivity index (χ0n) is 11.1. The Kier molecular flexibility index (Phi) is 4.29. The van der Waals surface area contributed by atoms with E-state index in [0.717, 1.165) is 15.7 Å². The first kappa shape index (κ1) is 14.4. The first-order valence-electron chi connectivity index (χ1n) is 6.18. The van der Waals surface area contributed by atoms with E-state index < -0.39 is 5.91 Å². The second-order valence-electron chi connectivity index (χ2n) is 4.59. The largest absolute Gasteiger partial charge is 0.398 e. The number of primary amides is 1. The summed E-state index contributed by atoms with van der Waals surface area (Å²) in [6.07, 6.45) is 0. The van der Waals surface area contributed by atoms with Crippen molar-refractivity contribution in [2.24, 2.45) is 5.73 Å². The molecule has 0 spiro atoms. The number of hydrogen-bond donors (Lipinski definition) is 3. The minimum Gasteiger partial charge on any atom is -0.398 e. The molecule has 5 heteroatoms. The molecule has 2 aromatic carbocycles. The van der Waals surface area contributed by atoms with Gasteiger partial charge in [0.15, 0.2) is 0 Å². The number of rotatable bonds is 4. The maximum Gasteiger partial charge on any atom is 0.250 e. The zero-order chi connectivity index (χ0) is 14.7. The number of carbonyl (C=O) groups is 1. The molecule has 1 atom stereocenters. The lowest BCUT2D eigenvalue weighted by molar-refractivity contribution is 0.100. The van der Waals surface area contributed by atoms with Crippen LogP contribution in [0.3, 0.4) is 0 Å². The topological polar surface area (TPSA) is 81.1 Å². The highest BCUT2D eigenvalue weighted by Crippen LogP contribution is 2.24. The molecular weight excluding hydrogens is 318 g/mol. The molecule has 2 aromatic rings. The first-order chi connectivity index (χ1) is 9.47. The van der Waals surface area contributed by atoms with E-state index in [4.69, 9.17) is 11.5 Å². The summed E-state index contributed by atoms with van der Waals surface area (Å²) in [6.45, 7) is 2.04. The predicted octanol–water partition coefficient (Wildman–Crippen LogP) is 3.30. The van der Waals surface area contributed by atoms with Crippen LogP contribution in [0.1, 0.15) is 28.9 Å². The molecule has 0 aliphatic rings. The van der Waals surface area contributed by atoms with Crippen LogP contribution in [0.15, 0.2) is 46.9 Å². The zero-order valence-corrected chi connectivity index (χ0v) is 12.6. The number of benzene rings is 2. The number of amides is 1. The third-order valence-electron chi connectivity index (χ3n) is 3.05. The molecule has 0 heterocycles. The average Bonchev–Trinajstić information content (AvgIpc) is 2.40. The van der Waals surface area contributed by atoms with Gasteiger partial charge in [-0.25, -0.2) is 0 Å². The van der Waals surface area contributed by atoms with Crippen LogP contribution in [0.2, 0.25) is 0 Å². The molecular formula is C15H16BrN3O. The minimum absolute atomic E-state index is 0.0943. The highest BCUT2D eigenvalue weighted by molar-refractivity contribution is 9.10. The number of hydrogen-bond acceptors (Lipinski definition) is 3. The standard InChI is InChI=1S/C15H16BrN3O/c1-9(10-3-2-4-11(16)7-10)19-12-5-6-14(17)13(8-12)15(18)20/h2-9,19H,17H2,1H3,(H2,18,20). The van der Waals surface area contributed by atoms with Crippen molar-refractivity contribution in [2.45, 2.75) is 13.0 Å². The average molecular weight is 334 g/mol. The molecule has 5 N–H and O–H groups in total. The summed E-state index contributed by atoms with van der Waals surface area (Å²) >= 11 is 3.45. The maximum atomic E-state index is 11.3. The number of carbonyl (C=O) groups excluding carboxylic acids is 1. The fourth-order valence-electron chi connectivity index (χ4n) is 1.97. The maximum absolute atomic E-state index is 11.3. The fourth-order valence-corrected chi connectivity index (χ4v) is 2.39. The van der Waals surface area contributed by atoms with Gasteiger partial charge in [0.1, 0.15) is 0 Å². The van der Waals surface area contributed by atoms with E-state index in [0.29, 0.717) is 11.3 Å². The van der Waals surface area contributed by atoms with Crippen molar-refractivity contribution >= 4 is 33.2 Å². The quantitative estimate of drug-likeness (QED) is 0.751. The van der Waals surface area contributed by atoms with Crippen LogP contribution in [0.4, 0.5) is 11.4 Å². The van der Waals surface area contributed by atoms with Crippen molar-refractivity contribution in [2.75, 3.05) is 11.1 Å². The number of nitrogens with one attached hydrogen (secondary N) is 1. The number of halogens is 1. The van der Waals surface area contributed by atoms with Gasteiger partial charge in [-0.1, -0.05) is 28.1 Å². The summed E-state index contributed by atoms with van der Waals surface area (Å²) in [5.41, 5.74) is 13.7. The molecule has 0 aliphatic heterocycles. The van der Waals surface area contributed by atoms with Gasteiger partial charge in [0, 0.05) is 21.9 Å². The van der Waals surface area contributed by atoms with Crippen molar-refractivity contribution in [1.82, 2.24) is 0 Å². The van der Waals surface area contributed by atoms with E-state index in [9.17, 15) is 4.79 Å². The van der Waals surface area contributed by atoms with Crippen molar-refractivity contribution in [3.05, 3.63) is 58.1 Å². The summed E-state index contributed by atoms with van der Waals surface area (Å²) in [6, 6.07) is 13.3. The Labute approximate surface area is 126 Å². The van der Waals surface area contributed by atoms with E-state index >= 15 is 0 Å². The second-order valence-corrected chi connectivity index (χ2v) is 5.50. The van der Waals surface area contributed by atoms with Crippen LogP contribution < -0.4 is 16.8 Å². The Morgan fingerprint density at radius 3 is 2.65 bits per heavy atom. The van der Waals surface area contributed by atoms with Crippen LogP contribution in [-0.2, 0) is 0 Å². The molecule has 20 heavy (non-hydrogen) atoms. The molecule has 0 saturated heterocycles. The summed E-state index contributed by atoms with van der Waals surface area (Å²) in [4.78, 5) is 11.3. The molecule has 2 rings (SSSR count). The summed E-state index contributed by atoms with van der Waals surface area (Å²) in [5, 5.41) is 3.32. The molecule has 0 aromatic heterocycles. The lowest BCUT2D eigenvalue weighted by Crippen LogP contribution is -2.14. The third kappa shape index (κ3) is 3.30. The van der Waals surface area contributed by atoms with Crippen molar-refractivity contribution < 1.29 is 4.79 Å². The van der Waals surface area contributed by atoms with Gasteiger partial charge in [0.05, 0.1) is 5.56 Å². The van der Waals surface area contributed by atoms with E-state index in [1.165, 1.54) is 0 Å². The molecule has 0 saturated carbocycles. The summed E-state index contributed by atoms with van der Waals surface area (Å²) in [5.74, 6) is -0.527. The predicted molar refractivity (Wildman–Crippen MR) is 85.6 cm³/mol. The minimum atomic E-state index is -0.527. The van der Waals surface area contributed by atoms with Gasteiger partial charge in [-0.3, -0.25) is 4.79 Å². The van der Waals surface area contributed by atoms with E-state index in [1.54, 1.807) is 12.1 Å². The molecule has 0 aliphatic carbocycles. The van der Waals surface area contributed by atoms with Crippen LogP contribution in [-0.4, -0.2) is 5.91 Å². The summed E-state index contributed by atoms with van der Waals surface area (Å²) < 4.78 is 1.03. The van der Waals surface area contributed by atoms with Gasteiger partial charge >= 0.3 is 0 Å². The molecule has 0 bridgehead atoms. The van der Waals surface area contributed by atoms with Gasteiger partial charge in [-0.15, -0.1) is 0 Å². The molecule has 104 valence electrons. The first-order valence-corrected chi connectivity index (χ1v) is 6.98. The third-order valence-corrected chi connectivity index (χ3v) is 3.54. The normalized spacial score (nSPS) is 11.9. The van der Waals surface area contributed by atoms with Crippen LogP contribution in [0.5, 0.6) is 0 Å².